The molecule has 0 fully saturated rings. The maximum atomic E-state index is 5.55. The second-order valence-corrected chi connectivity index (χ2v) is 6.55. The lowest BCUT2D eigenvalue weighted by molar-refractivity contribution is 0.289. The molecular weight excluding hydrogens is 312 g/mol. The van der Waals surface area contributed by atoms with Gasteiger partial charge < -0.3 is 10.1 Å². The molecule has 1 unspecified atom stereocenters. The van der Waals surface area contributed by atoms with Crippen molar-refractivity contribution >= 4 is 0 Å². The van der Waals surface area contributed by atoms with Gasteiger partial charge in [-0.3, -0.25) is 9.58 Å². The van der Waals surface area contributed by atoms with Crippen LogP contribution in [0.5, 0.6) is 5.75 Å². The fraction of sp³-hybridized carbons (Fsp3) is 0.550. The number of benzene rings is 1. The van der Waals surface area contributed by atoms with Gasteiger partial charge in [-0.2, -0.15) is 5.10 Å². The zero-order chi connectivity index (χ0) is 18.4. The molecule has 0 amide bonds. The lowest BCUT2D eigenvalue weighted by atomic mass is 10.1. The van der Waals surface area contributed by atoms with Crippen molar-refractivity contribution < 1.29 is 4.74 Å². The Hall–Kier alpha value is -1.85. The second-order valence-electron chi connectivity index (χ2n) is 6.55. The average Bonchev–Trinajstić information content (AvgIpc) is 2.96. The number of methoxy groups -OCH3 is 1. The van der Waals surface area contributed by atoms with Gasteiger partial charge in [-0.15, -0.1) is 0 Å². The molecule has 5 nitrogen and oxygen atoms in total. The lowest BCUT2D eigenvalue weighted by Crippen LogP contribution is -2.23. The van der Waals surface area contributed by atoms with Gasteiger partial charge in [-0.1, -0.05) is 19.9 Å². The van der Waals surface area contributed by atoms with Crippen LogP contribution in [0.4, 0.5) is 0 Å². The minimum absolute atomic E-state index is 0.266. The topological polar surface area (TPSA) is 42.3 Å². The predicted molar refractivity (Wildman–Crippen MR) is 103 cm³/mol. The summed E-state index contributed by atoms with van der Waals surface area (Å²) in [6.07, 6.45) is 2.09. The number of ether oxygens (including phenoxy) is 1. The van der Waals surface area contributed by atoms with E-state index in [1.165, 1.54) is 16.7 Å². The highest BCUT2D eigenvalue weighted by atomic mass is 16.5. The molecule has 25 heavy (non-hydrogen) atoms. The molecule has 138 valence electrons. The van der Waals surface area contributed by atoms with Crippen LogP contribution in [0.3, 0.4) is 0 Å². The Kier molecular flexibility index (Phi) is 7.02. The minimum atomic E-state index is 0.266. The Bertz CT molecular complexity index is 676. The van der Waals surface area contributed by atoms with Gasteiger partial charge >= 0.3 is 0 Å². The van der Waals surface area contributed by atoms with Crippen molar-refractivity contribution in [2.75, 3.05) is 20.2 Å². The lowest BCUT2D eigenvalue weighted by Gasteiger charge is -2.20. The third-order valence-corrected chi connectivity index (χ3v) is 4.76. The van der Waals surface area contributed by atoms with Gasteiger partial charge in [0.15, 0.2) is 0 Å². The fourth-order valence-electron chi connectivity index (χ4n) is 3.18. The number of aryl methyl sites for hydroxylation is 2. The van der Waals surface area contributed by atoms with E-state index >= 15 is 0 Å². The number of nitrogens with one attached hydrogen (secondary N) is 1. The SMILES string of the molecule is CCN(CC)Cc1cc(CNC(C)c2cn(C)nc2C)ccc1OC. The largest absolute Gasteiger partial charge is 0.496 e. The smallest absolute Gasteiger partial charge is 0.123 e. The van der Waals surface area contributed by atoms with Crippen LogP contribution in [-0.2, 0) is 20.1 Å². The van der Waals surface area contributed by atoms with Gasteiger partial charge in [-0.05, 0) is 44.6 Å². The van der Waals surface area contributed by atoms with Crippen molar-refractivity contribution in [3.63, 3.8) is 0 Å². The summed E-state index contributed by atoms with van der Waals surface area (Å²) in [5.74, 6) is 0.965. The molecule has 1 aromatic carbocycles. The Morgan fingerprint density at radius 1 is 1.28 bits per heavy atom. The van der Waals surface area contributed by atoms with E-state index in [2.05, 4.69) is 67.4 Å². The number of hydrogen-bond acceptors (Lipinski definition) is 4. The van der Waals surface area contributed by atoms with Gasteiger partial charge in [0, 0.05) is 43.5 Å². The van der Waals surface area contributed by atoms with E-state index in [4.69, 9.17) is 4.74 Å². The molecule has 0 saturated heterocycles. The molecule has 0 aliphatic carbocycles. The van der Waals surface area contributed by atoms with Crippen LogP contribution in [0.15, 0.2) is 24.4 Å². The van der Waals surface area contributed by atoms with Crippen LogP contribution in [0.1, 0.15) is 49.2 Å². The summed E-state index contributed by atoms with van der Waals surface area (Å²) >= 11 is 0. The summed E-state index contributed by atoms with van der Waals surface area (Å²) in [4.78, 5) is 2.40. The average molecular weight is 345 g/mol. The molecule has 0 radical (unpaired) electrons. The first-order valence-corrected chi connectivity index (χ1v) is 9.10. The van der Waals surface area contributed by atoms with E-state index in [9.17, 15) is 0 Å². The summed E-state index contributed by atoms with van der Waals surface area (Å²) in [6.45, 7) is 12.5. The Balaban J connectivity index is 2.07. The molecule has 0 aliphatic rings. The van der Waals surface area contributed by atoms with Crippen molar-refractivity contribution in [1.82, 2.24) is 20.0 Å². The quantitative estimate of drug-likeness (QED) is 0.757. The highest BCUT2D eigenvalue weighted by Gasteiger charge is 2.12. The predicted octanol–water partition coefficient (Wildman–Crippen LogP) is 3.43. The third-order valence-electron chi connectivity index (χ3n) is 4.76. The third kappa shape index (κ3) is 5.06. The molecular formula is C20H32N4O. The normalized spacial score (nSPS) is 12.6. The van der Waals surface area contributed by atoms with Crippen LogP contribution in [-0.4, -0.2) is 34.9 Å². The Morgan fingerprint density at radius 3 is 2.56 bits per heavy atom. The van der Waals surface area contributed by atoms with Crippen LogP contribution in [0, 0.1) is 6.92 Å². The van der Waals surface area contributed by atoms with Crippen LogP contribution in [0.25, 0.3) is 0 Å². The van der Waals surface area contributed by atoms with Crippen LogP contribution in [0.2, 0.25) is 0 Å². The second kappa shape index (κ2) is 9.02. The van der Waals surface area contributed by atoms with Crippen molar-refractivity contribution in [3.05, 3.63) is 46.8 Å². The number of nitrogens with zero attached hydrogens (tertiary/aromatic N) is 3. The number of rotatable bonds is 9. The van der Waals surface area contributed by atoms with E-state index in [1.807, 2.05) is 11.7 Å². The van der Waals surface area contributed by atoms with Crippen molar-refractivity contribution in [1.29, 1.82) is 0 Å². The molecule has 0 saturated carbocycles. The highest BCUT2D eigenvalue weighted by molar-refractivity contribution is 5.37. The number of aromatic nitrogens is 2. The molecule has 1 N–H and O–H groups in total. The maximum Gasteiger partial charge on any atom is 0.123 e. The first-order valence-electron chi connectivity index (χ1n) is 9.10. The number of hydrogen-bond donors (Lipinski definition) is 1. The first-order chi connectivity index (χ1) is 12.0. The van der Waals surface area contributed by atoms with Crippen LogP contribution < -0.4 is 10.1 Å². The summed E-state index contributed by atoms with van der Waals surface area (Å²) in [5, 5.41) is 8.04. The first kappa shape index (κ1) is 19.5. The standard InChI is InChI=1S/C20H32N4O/c1-7-24(8-2)13-18-11-17(9-10-20(18)25-6)12-21-15(3)19-14-23(5)22-16(19)4/h9-11,14-15,21H,7-8,12-13H2,1-6H3. The molecule has 1 heterocycles. The molecule has 1 atom stereocenters. The molecule has 2 aromatic rings. The summed E-state index contributed by atoms with van der Waals surface area (Å²) in [7, 11) is 3.71. The van der Waals surface area contributed by atoms with Gasteiger partial charge in [0.1, 0.15) is 5.75 Å². The minimum Gasteiger partial charge on any atom is -0.496 e. The summed E-state index contributed by atoms with van der Waals surface area (Å²) < 4.78 is 7.42. The van der Waals surface area contributed by atoms with Crippen molar-refractivity contribution in [3.8, 4) is 5.75 Å². The van der Waals surface area contributed by atoms with Crippen molar-refractivity contribution in [2.45, 2.75) is 46.8 Å². The fourth-order valence-corrected chi connectivity index (χ4v) is 3.18. The molecule has 0 aliphatic heterocycles. The Labute approximate surface area is 152 Å². The molecule has 5 heteroatoms. The van der Waals surface area contributed by atoms with Gasteiger partial charge in [0.2, 0.25) is 0 Å². The zero-order valence-electron chi connectivity index (χ0n) is 16.5. The van der Waals surface area contributed by atoms with Crippen LogP contribution >= 0.6 is 0 Å². The highest BCUT2D eigenvalue weighted by Crippen LogP contribution is 2.22. The van der Waals surface area contributed by atoms with Crippen molar-refractivity contribution in [2.24, 2.45) is 7.05 Å². The molecule has 1 aromatic heterocycles. The van der Waals surface area contributed by atoms with E-state index in [1.54, 1.807) is 7.11 Å². The van der Waals surface area contributed by atoms with E-state index < -0.39 is 0 Å². The van der Waals surface area contributed by atoms with Gasteiger partial charge in [0.05, 0.1) is 12.8 Å². The molecule has 0 spiro atoms. The van der Waals surface area contributed by atoms with E-state index in [-0.39, 0.29) is 6.04 Å². The Morgan fingerprint density at radius 2 is 2.00 bits per heavy atom. The summed E-state index contributed by atoms with van der Waals surface area (Å²) in [5.41, 5.74) is 4.85. The molecule has 2 rings (SSSR count). The summed E-state index contributed by atoms with van der Waals surface area (Å²) in [6, 6.07) is 6.74. The maximum absolute atomic E-state index is 5.55. The van der Waals surface area contributed by atoms with Gasteiger partial charge in [-0.25, -0.2) is 0 Å². The monoisotopic (exact) mass is 344 g/mol. The van der Waals surface area contributed by atoms with Gasteiger partial charge in [0.25, 0.3) is 0 Å². The molecule has 0 bridgehead atoms. The zero-order valence-corrected chi connectivity index (χ0v) is 16.5. The van der Waals surface area contributed by atoms with E-state index in [0.29, 0.717) is 0 Å². The van der Waals surface area contributed by atoms with E-state index in [0.717, 1.165) is 37.6 Å².